The number of nitrogens with one attached hydrogen (secondary N) is 4. The van der Waals surface area contributed by atoms with Crippen molar-refractivity contribution in [1.29, 1.82) is 5.26 Å². The van der Waals surface area contributed by atoms with Gasteiger partial charge in [-0.1, -0.05) is 71.0 Å². The molecule has 0 aliphatic rings. The van der Waals surface area contributed by atoms with Crippen molar-refractivity contribution < 1.29 is 34.1 Å². The number of carboxylic acid groups (broad SMARTS) is 2. The number of carbonyl (C=O) groups is 4. The smallest absolute Gasteiger partial charge is 0.326 e. The molecule has 276 valence electrons. The number of anilines is 1. The van der Waals surface area contributed by atoms with Crippen LogP contribution in [0.4, 0.5) is 11.4 Å². The molecule has 0 radical (unpaired) electrons. The fraction of sp³-hybridized carbons (Fsp3) is 0.385. The van der Waals surface area contributed by atoms with E-state index in [-0.39, 0.29) is 36.6 Å². The van der Waals surface area contributed by atoms with E-state index >= 15 is 0 Å². The Hall–Kier alpha value is -5.90. The molecular formula is C39H48N6O7. The summed E-state index contributed by atoms with van der Waals surface area (Å²) in [6.07, 6.45) is 2.28. The largest absolute Gasteiger partial charge is 0.497 e. The number of nitriles is 1. The summed E-state index contributed by atoms with van der Waals surface area (Å²) in [5.41, 5.74) is 2.58. The second-order valence-corrected chi connectivity index (χ2v) is 14.1. The minimum Gasteiger partial charge on any atom is -0.497 e. The Morgan fingerprint density at radius 1 is 0.846 bits per heavy atom. The molecule has 0 saturated carbocycles. The summed E-state index contributed by atoms with van der Waals surface area (Å²) in [6, 6.07) is 18.2. The van der Waals surface area contributed by atoms with Crippen molar-refractivity contribution in [3.05, 3.63) is 89.5 Å². The van der Waals surface area contributed by atoms with Crippen molar-refractivity contribution in [2.24, 2.45) is 16.3 Å². The van der Waals surface area contributed by atoms with Crippen molar-refractivity contribution in [3.63, 3.8) is 0 Å². The van der Waals surface area contributed by atoms with Gasteiger partial charge in [-0.05, 0) is 70.8 Å². The molecule has 3 atom stereocenters. The van der Waals surface area contributed by atoms with Gasteiger partial charge < -0.3 is 30.9 Å². The number of carboxylic acids is 2. The fourth-order valence-corrected chi connectivity index (χ4v) is 5.52. The zero-order valence-electron chi connectivity index (χ0n) is 30.4. The van der Waals surface area contributed by atoms with Gasteiger partial charge in [0.1, 0.15) is 17.8 Å². The van der Waals surface area contributed by atoms with Gasteiger partial charge in [0.15, 0.2) is 6.19 Å². The van der Waals surface area contributed by atoms with Crippen molar-refractivity contribution in [2.45, 2.75) is 78.3 Å². The first-order valence-corrected chi connectivity index (χ1v) is 17.0. The zero-order valence-corrected chi connectivity index (χ0v) is 30.4. The van der Waals surface area contributed by atoms with Crippen molar-refractivity contribution in [1.82, 2.24) is 16.0 Å². The van der Waals surface area contributed by atoms with Gasteiger partial charge in [0.2, 0.25) is 17.8 Å². The normalized spacial score (nSPS) is 13.2. The van der Waals surface area contributed by atoms with Crippen LogP contribution in [0.3, 0.4) is 0 Å². The van der Waals surface area contributed by atoms with Gasteiger partial charge in [-0.2, -0.15) is 5.26 Å². The van der Waals surface area contributed by atoms with E-state index in [1.54, 1.807) is 79.9 Å². The maximum Gasteiger partial charge on any atom is 0.326 e. The van der Waals surface area contributed by atoms with Gasteiger partial charge in [0, 0.05) is 24.9 Å². The lowest BCUT2D eigenvalue weighted by molar-refractivity contribution is -0.142. The van der Waals surface area contributed by atoms with Crippen LogP contribution in [-0.4, -0.2) is 59.1 Å². The topological polar surface area (TPSA) is 202 Å². The number of benzene rings is 3. The summed E-state index contributed by atoms with van der Waals surface area (Å²) in [6.45, 7) is 9.56. The number of hydrogen-bond acceptors (Lipinski definition) is 7. The predicted octanol–water partition coefficient (Wildman–Crippen LogP) is 5.36. The van der Waals surface area contributed by atoms with Gasteiger partial charge >= 0.3 is 11.9 Å². The third-order valence-electron chi connectivity index (χ3n) is 7.99. The molecule has 52 heavy (non-hydrogen) atoms. The number of aliphatic imine (C=N–C) groups is 1. The lowest BCUT2D eigenvalue weighted by atomic mass is 9.88. The summed E-state index contributed by atoms with van der Waals surface area (Å²) < 4.78 is 5.18. The number of rotatable bonds is 16. The van der Waals surface area contributed by atoms with Crippen molar-refractivity contribution >= 4 is 41.1 Å². The quantitative estimate of drug-likeness (QED) is 0.0486. The molecule has 3 aromatic rings. The molecule has 0 aromatic heterocycles. The summed E-state index contributed by atoms with van der Waals surface area (Å²) in [4.78, 5) is 55.4. The van der Waals surface area contributed by atoms with E-state index in [9.17, 15) is 34.7 Å². The molecule has 3 rings (SSSR count). The van der Waals surface area contributed by atoms with Gasteiger partial charge in [0.05, 0.1) is 18.7 Å². The van der Waals surface area contributed by atoms with Gasteiger partial charge in [0.25, 0.3) is 0 Å². The number of guanidine groups is 1. The van der Waals surface area contributed by atoms with E-state index in [4.69, 9.17) is 4.74 Å². The highest BCUT2D eigenvalue weighted by atomic mass is 16.5. The summed E-state index contributed by atoms with van der Waals surface area (Å²) in [7, 11) is 1.57. The van der Waals surface area contributed by atoms with Gasteiger partial charge in [-0.15, -0.1) is 0 Å². The van der Waals surface area contributed by atoms with E-state index in [1.807, 2.05) is 40.8 Å². The highest BCUT2D eigenvalue weighted by Gasteiger charge is 2.29. The van der Waals surface area contributed by atoms with Crippen LogP contribution in [-0.2, 0) is 32.0 Å². The van der Waals surface area contributed by atoms with Crippen LogP contribution in [0.5, 0.6) is 5.75 Å². The van der Waals surface area contributed by atoms with Crippen molar-refractivity contribution in [2.75, 3.05) is 12.4 Å². The standard InChI is InChI=1S/C39H48N6O7/c1-24(2)19-31(25-11-13-28(14-12-25)42-38(41-23-40)43-29-15-17-30(52-6)18-16-29)35(47)45-33(37(50)51)21-27-10-8-7-9-26(27)20-32(36(48)49)44-34(46)22-39(3,4)5/h7-18,24,31-33H,19-22H2,1-6H3,(H,44,46)(H,45,47)(H,48,49)(H,50,51)(H2,41,42,43). The van der Waals surface area contributed by atoms with Crippen LogP contribution in [0.25, 0.3) is 0 Å². The molecule has 0 fully saturated rings. The maximum atomic E-state index is 13.8. The average molecular weight is 713 g/mol. The predicted molar refractivity (Wildman–Crippen MR) is 198 cm³/mol. The first kappa shape index (κ1) is 40.5. The van der Waals surface area contributed by atoms with Crippen LogP contribution < -0.4 is 26.0 Å². The number of amides is 2. The monoisotopic (exact) mass is 712 g/mol. The number of carbonyl (C=O) groups excluding carboxylic acids is 2. The summed E-state index contributed by atoms with van der Waals surface area (Å²) in [5, 5.41) is 40.2. The van der Waals surface area contributed by atoms with Crippen LogP contribution in [0.2, 0.25) is 0 Å². The number of aliphatic carboxylic acids is 2. The maximum absolute atomic E-state index is 13.8. The molecule has 2 amide bonds. The molecule has 0 aliphatic heterocycles. The van der Waals surface area contributed by atoms with Gasteiger partial charge in [-0.25, -0.2) is 14.6 Å². The lowest BCUT2D eigenvalue weighted by Gasteiger charge is -2.24. The Labute approximate surface area is 304 Å². The van der Waals surface area contributed by atoms with E-state index in [1.165, 1.54) is 0 Å². The Morgan fingerprint density at radius 2 is 1.40 bits per heavy atom. The van der Waals surface area contributed by atoms with Crippen LogP contribution >= 0.6 is 0 Å². The first-order valence-electron chi connectivity index (χ1n) is 17.0. The SMILES string of the molecule is COc1ccc(NC(=Nc2ccc(C(CC(C)C)C(=O)NC(Cc3ccccc3CC(NC(=O)CC(C)(C)C)C(=O)O)C(=O)O)cc2)NC#N)cc1. The lowest BCUT2D eigenvalue weighted by Crippen LogP contribution is -2.45. The second-order valence-electron chi connectivity index (χ2n) is 14.1. The number of methoxy groups -OCH3 is 1. The molecular weight excluding hydrogens is 664 g/mol. The van der Waals surface area contributed by atoms with E-state index < -0.39 is 41.8 Å². The van der Waals surface area contributed by atoms with Gasteiger partial charge in [-0.3, -0.25) is 14.9 Å². The minimum absolute atomic E-state index is 0.0618. The molecule has 3 unspecified atom stereocenters. The molecule has 13 nitrogen and oxygen atoms in total. The van der Waals surface area contributed by atoms with E-state index in [0.29, 0.717) is 40.2 Å². The van der Waals surface area contributed by atoms with Crippen LogP contribution in [0.15, 0.2) is 77.8 Å². The Balaban J connectivity index is 1.80. The highest BCUT2D eigenvalue weighted by Crippen LogP contribution is 2.27. The third-order valence-corrected chi connectivity index (χ3v) is 7.99. The average Bonchev–Trinajstić information content (AvgIpc) is 3.07. The Kier molecular flexibility index (Phi) is 14.7. The fourth-order valence-electron chi connectivity index (χ4n) is 5.52. The number of nitrogens with zero attached hydrogens (tertiary/aromatic N) is 2. The van der Waals surface area contributed by atoms with E-state index in [0.717, 1.165) is 0 Å². The second kappa shape index (κ2) is 18.9. The molecule has 13 heteroatoms. The van der Waals surface area contributed by atoms with Crippen molar-refractivity contribution in [3.8, 4) is 11.9 Å². The van der Waals surface area contributed by atoms with E-state index in [2.05, 4.69) is 26.3 Å². The Morgan fingerprint density at radius 3 is 1.88 bits per heavy atom. The molecule has 6 N–H and O–H groups in total. The number of ether oxygens (including phenoxy) is 1. The zero-order chi connectivity index (χ0) is 38.4. The van der Waals surface area contributed by atoms with Crippen LogP contribution in [0, 0.1) is 22.8 Å². The molecule has 0 saturated heterocycles. The summed E-state index contributed by atoms with van der Waals surface area (Å²) in [5.74, 6) is -3.05. The molecule has 0 heterocycles. The summed E-state index contributed by atoms with van der Waals surface area (Å²) >= 11 is 0. The molecule has 3 aromatic carbocycles. The highest BCUT2D eigenvalue weighted by molar-refractivity contribution is 5.96. The molecule has 0 spiro atoms. The molecule has 0 aliphatic carbocycles. The minimum atomic E-state index is -1.31. The third kappa shape index (κ3) is 13.1. The Bertz CT molecular complexity index is 1760. The number of hydrogen-bond donors (Lipinski definition) is 6. The first-order chi connectivity index (χ1) is 24.6. The molecule has 0 bridgehead atoms. The van der Waals surface area contributed by atoms with Crippen LogP contribution in [0.1, 0.15) is 70.1 Å².